The zero-order chi connectivity index (χ0) is 36.7. The molecule has 2 saturated heterocycles. The Morgan fingerprint density at radius 2 is 1.44 bits per heavy atom. The molecule has 2 fully saturated rings. The van der Waals surface area contributed by atoms with E-state index in [1.165, 1.54) is 92.4 Å². The van der Waals surface area contributed by atoms with Crippen LogP contribution in [0.4, 0.5) is 0 Å². The second-order valence-corrected chi connectivity index (χ2v) is 14.2. The molecule has 2 aliphatic heterocycles. The van der Waals surface area contributed by atoms with E-state index in [1.807, 2.05) is 18.2 Å². The Morgan fingerprint density at radius 1 is 0.808 bits per heavy atom. The lowest BCUT2D eigenvalue weighted by Crippen LogP contribution is -2.29. The number of nitriles is 1. The molecule has 2 aliphatic rings. The van der Waals surface area contributed by atoms with Gasteiger partial charge in [0, 0.05) is 36.1 Å². The Morgan fingerprint density at radius 3 is 2.15 bits per heavy atom. The van der Waals surface area contributed by atoms with Crippen molar-refractivity contribution in [3.63, 3.8) is 0 Å². The molecule has 0 radical (unpaired) electrons. The zero-order valence-electron chi connectivity index (χ0n) is 30.6. The minimum absolute atomic E-state index is 0.250. The Bertz CT molecular complexity index is 1810. The number of carboxylic acid groups (broad SMARTS) is 1. The second kappa shape index (κ2) is 20.0. The summed E-state index contributed by atoms with van der Waals surface area (Å²) in [4.78, 5) is 17.6. The summed E-state index contributed by atoms with van der Waals surface area (Å²) in [6.07, 6.45) is 13.3. The first-order chi connectivity index (χ1) is 25.4. The van der Waals surface area contributed by atoms with Crippen LogP contribution in [0.2, 0.25) is 5.02 Å². The summed E-state index contributed by atoms with van der Waals surface area (Å²) in [5.74, 6) is 1.34. The molecular weight excluding hydrogens is 672 g/mol. The SMILES string of the molecule is Cc1c(CCCCN2CCCC2)cccc1-c1cccc(COc2cc(OCc3cncc(C#N)c3)c(CN3CCCCC3)cc2Cl)c1C.O=CO. The molecule has 3 aromatic carbocycles. The lowest BCUT2D eigenvalue weighted by atomic mass is 9.90. The number of benzene rings is 3. The van der Waals surface area contributed by atoms with Crippen LogP contribution in [-0.2, 0) is 31.0 Å². The van der Waals surface area contributed by atoms with Gasteiger partial charge < -0.3 is 19.5 Å². The minimum Gasteiger partial charge on any atom is -0.488 e. The maximum absolute atomic E-state index is 9.32. The molecule has 4 aromatic rings. The third kappa shape index (κ3) is 10.8. The van der Waals surface area contributed by atoms with Gasteiger partial charge in [0.25, 0.3) is 6.47 Å². The molecule has 6 rings (SSSR count). The number of rotatable bonds is 14. The summed E-state index contributed by atoms with van der Waals surface area (Å²) in [7, 11) is 0. The van der Waals surface area contributed by atoms with Gasteiger partial charge in [0.15, 0.2) is 0 Å². The third-order valence-corrected chi connectivity index (χ3v) is 10.5. The quantitative estimate of drug-likeness (QED) is 0.102. The van der Waals surface area contributed by atoms with Crippen molar-refractivity contribution in [1.82, 2.24) is 14.8 Å². The third-order valence-electron chi connectivity index (χ3n) is 10.2. The van der Waals surface area contributed by atoms with Crippen LogP contribution in [0.25, 0.3) is 11.1 Å². The molecule has 8 nitrogen and oxygen atoms in total. The fraction of sp³-hybridized carbons (Fsp3) is 0.419. The predicted molar refractivity (Wildman–Crippen MR) is 207 cm³/mol. The summed E-state index contributed by atoms with van der Waals surface area (Å²) in [6.45, 7) is 11.6. The molecule has 9 heteroatoms. The van der Waals surface area contributed by atoms with Gasteiger partial charge in [0.05, 0.1) is 10.6 Å². The molecule has 0 bridgehead atoms. The van der Waals surface area contributed by atoms with Crippen LogP contribution in [0.1, 0.15) is 83.9 Å². The van der Waals surface area contributed by atoms with Crippen LogP contribution in [0, 0.1) is 25.2 Å². The number of carbonyl (C=O) groups is 1. The number of likely N-dealkylation sites (tertiary alicyclic amines) is 2. The van der Waals surface area contributed by atoms with Gasteiger partial charge in [-0.05, 0) is 137 Å². The van der Waals surface area contributed by atoms with Crippen molar-refractivity contribution in [1.29, 1.82) is 5.26 Å². The monoisotopic (exact) mass is 722 g/mol. The molecule has 0 atom stereocenters. The molecule has 0 spiro atoms. The number of nitrogens with zero attached hydrogens (tertiary/aromatic N) is 4. The number of hydrogen-bond acceptors (Lipinski definition) is 7. The Labute approximate surface area is 314 Å². The van der Waals surface area contributed by atoms with Gasteiger partial charge in [-0.3, -0.25) is 14.7 Å². The lowest BCUT2D eigenvalue weighted by Gasteiger charge is -2.27. The van der Waals surface area contributed by atoms with Crippen LogP contribution in [0.3, 0.4) is 0 Å². The van der Waals surface area contributed by atoms with Gasteiger partial charge in [0.1, 0.15) is 30.8 Å². The van der Waals surface area contributed by atoms with Crippen LogP contribution < -0.4 is 9.47 Å². The number of hydrogen-bond donors (Lipinski definition) is 1. The van der Waals surface area contributed by atoms with E-state index in [0.29, 0.717) is 29.5 Å². The van der Waals surface area contributed by atoms with Crippen molar-refractivity contribution in [2.24, 2.45) is 0 Å². The van der Waals surface area contributed by atoms with E-state index in [1.54, 1.807) is 12.4 Å². The molecular formula is C43H51ClN4O4. The van der Waals surface area contributed by atoms with E-state index < -0.39 is 0 Å². The van der Waals surface area contributed by atoms with Crippen LogP contribution in [-0.4, -0.2) is 59.1 Å². The van der Waals surface area contributed by atoms with Gasteiger partial charge in [-0.2, -0.15) is 5.26 Å². The van der Waals surface area contributed by atoms with Crippen LogP contribution >= 0.6 is 11.6 Å². The highest BCUT2D eigenvalue weighted by atomic mass is 35.5. The largest absolute Gasteiger partial charge is 0.488 e. The molecule has 0 aliphatic carbocycles. The molecule has 3 heterocycles. The number of halogens is 1. The number of ether oxygens (including phenoxy) is 2. The highest BCUT2D eigenvalue weighted by molar-refractivity contribution is 6.32. The van der Waals surface area contributed by atoms with Crippen molar-refractivity contribution in [2.75, 3.05) is 32.7 Å². The summed E-state index contributed by atoms with van der Waals surface area (Å²) in [5.41, 5.74) is 10.1. The number of pyridine rings is 1. The minimum atomic E-state index is -0.250. The molecule has 274 valence electrons. The number of aryl methyl sites for hydroxylation is 1. The Balaban J connectivity index is 0.00000168. The highest BCUT2D eigenvalue weighted by Crippen LogP contribution is 2.36. The topological polar surface area (TPSA) is 98.9 Å². The molecule has 52 heavy (non-hydrogen) atoms. The predicted octanol–water partition coefficient (Wildman–Crippen LogP) is 9.15. The fourth-order valence-electron chi connectivity index (χ4n) is 7.28. The van der Waals surface area contributed by atoms with Crippen molar-refractivity contribution >= 4 is 18.1 Å². The number of unbranched alkanes of at least 4 members (excludes halogenated alkanes) is 1. The average molecular weight is 723 g/mol. The van der Waals surface area contributed by atoms with E-state index in [0.717, 1.165) is 48.5 Å². The molecule has 0 saturated carbocycles. The van der Waals surface area contributed by atoms with E-state index in [2.05, 4.69) is 71.1 Å². The summed E-state index contributed by atoms with van der Waals surface area (Å²) in [6, 6.07) is 21.1. The van der Waals surface area contributed by atoms with Crippen molar-refractivity contribution in [3.8, 4) is 28.7 Å². The molecule has 0 unspecified atom stereocenters. The van der Waals surface area contributed by atoms with Crippen LogP contribution in [0.5, 0.6) is 11.5 Å². The lowest BCUT2D eigenvalue weighted by molar-refractivity contribution is -0.122. The van der Waals surface area contributed by atoms with Gasteiger partial charge in [0.2, 0.25) is 0 Å². The van der Waals surface area contributed by atoms with Crippen LogP contribution in [0.15, 0.2) is 67.0 Å². The first-order valence-corrected chi connectivity index (χ1v) is 18.9. The maximum Gasteiger partial charge on any atom is 0.290 e. The smallest absolute Gasteiger partial charge is 0.290 e. The van der Waals surface area contributed by atoms with Crippen molar-refractivity contribution < 1.29 is 19.4 Å². The first-order valence-electron chi connectivity index (χ1n) is 18.5. The molecule has 1 N–H and O–H groups in total. The summed E-state index contributed by atoms with van der Waals surface area (Å²) < 4.78 is 12.8. The first kappa shape index (κ1) is 38.8. The van der Waals surface area contributed by atoms with Crippen molar-refractivity contribution in [2.45, 2.75) is 85.0 Å². The van der Waals surface area contributed by atoms with E-state index >= 15 is 0 Å². The van der Waals surface area contributed by atoms with E-state index in [9.17, 15) is 5.26 Å². The average Bonchev–Trinajstić information content (AvgIpc) is 3.68. The second-order valence-electron chi connectivity index (χ2n) is 13.8. The van der Waals surface area contributed by atoms with Gasteiger partial charge in [-0.25, -0.2) is 0 Å². The van der Waals surface area contributed by atoms with Gasteiger partial charge in [-0.15, -0.1) is 0 Å². The molecule has 1 aromatic heterocycles. The summed E-state index contributed by atoms with van der Waals surface area (Å²) >= 11 is 6.89. The standard InChI is InChI=1S/C42H49ClN4O2.CH2O2/c1-31-35(12-4-7-17-46-18-8-9-19-46)13-10-15-38(31)39-16-11-14-36(32(39)2)30-49-42-24-41(48-29-34-22-33(25-44)26-45-27-34)37(23-40(42)43)28-47-20-5-3-6-21-47;2-1-3/h10-11,13-16,22-24,26-27H,3-9,12,17-21,28-30H2,1-2H3;1H,(H,2,3). The maximum atomic E-state index is 9.32. The highest BCUT2D eigenvalue weighted by Gasteiger charge is 2.18. The Kier molecular flexibility index (Phi) is 14.9. The van der Waals surface area contributed by atoms with E-state index in [4.69, 9.17) is 31.0 Å². The molecule has 0 amide bonds. The van der Waals surface area contributed by atoms with Crippen molar-refractivity contribution in [3.05, 3.63) is 111 Å². The zero-order valence-corrected chi connectivity index (χ0v) is 31.3. The normalized spacial score (nSPS) is 14.7. The van der Waals surface area contributed by atoms with Gasteiger partial charge >= 0.3 is 0 Å². The number of aromatic nitrogens is 1. The van der Waals surface area contributed by atoms with Gasteiger partial charge in [-0.1, -0.05) is 54.4 Å². The fourth-order valence-corrected chi connectivity index (χ4v) is 7.52. The Hall–Kier alpha value is -4.42. The van der Waals surface area contributed by atoms with E-state index in [-0.39, 0.29) is 6.47 Å². The summed E-state index contributed by atoms with van der Waals surface area (Å²) in [5, 5.41) is 16.8. The number of piperidine rings is 1.